The molecule has 0 spiro atoms. The van der Waals surface area contributed by atoms with Crippen LogP contribution in [0.5, 0.6) is 0 Å². The SMILES string of the molecule is COC(=O)Cc1ccc(-c2c3nc(c(-c4c(Cl)cc(C)cc4Cl)c4[nH]c(c(Cl)c4Cl)c(-c4ccc(C(=O)O)cc4)c4nc(c(-c5c(Cl)cc(C)cc5Cl)c5[nH]c2c(Cl)c5Cl)C(Cl)=C4Cl)C(Cl)=C3Cl)cc1. The first-order chi connectivity index (χ1) is 33.2. The Morgan fingerprint density at radius 1 is 0.486 bits per heavy atom. The summed E-state index contributed by atoms with van der Waals surface area (Å²) in [6.45, 7) is 3.64. The van der Waals surface area contributed by atoms with Gasteiger partial charge in [0.1, 0.15) is 0 Å². The number of aromatic carboxylic acids is 1. The molecule has 0 amide bonds. The maximum atomic E-state index is 12.3. The molecule has 0 saturated heterocycles. The number of fused-ring (bicyclic) bond motifs is 8. The molecule has 2 aliphatic heterocycles. The van der Waals surface area contributed by atoms with E-state index >= 15 is 0 Å². The zero-order valence-electron chi connectivity index (χ0n) is 35.7. The van der Waals surface area contributed by atoms with Crippen LogP contribution < -0.4 is 0 Å². The fourth-order valence-corrected chi connectivity index (χ4v) is 11.7. The summed E-state index contributed by atoms with van der Waals surface area (Å²) < 4.78 is 4.91. The molecule has 0 fully saturated rings. The number of H-pyrrole nitrogens is 2. The summed E-state index contributed by atoms with van der Waals surface area (Å²) in [6, 6.07) is 19.6. The average molecular weight is 1170 g/mol. The normalized spacial score (nSPS) is 12.6. The predicted octanol–water partition coefficient (Wildman–Crippen LogP) is 18.8. The van der Waals surface area contributed by atoms with Crippen molar-refractivity contribution in [1.29, 1.82) is 0 Å². The number of aromatic nitrogens is 4. The molecule has 70 heavy (non-hydrogen) atoms. The van der Waals surface area contributed by atoms with Gasteiger partial charge in [-0.25, -0.2) is 14.8 Å². The largest absolute Gasteiger partial charge is 0.478 e. The molecule has 0 saturated carbocycles. The number of esters is 1. The fourth-order valence-electron chi connectivity index (χ4n) is 8.30. The molecule has 0 atom stereocenters. The summed E-state index contributed by atoms with van der Waals surface area (Å²) in [4.78, 5) is 41.5. The van der Waals surface area contributed by atoms with Gasteiger partial charge in [0, 0.05) is 33.4 Å². The molecule has 4 aromatic carbocycles. The number of nitrogens with zero attached hydrogens (tertiary/aromatic N) is 2. The molecule has 9 rings (SSSR count). The number of ether oxygens (including phenoxy) is 1. The molecule has 354 valence electrons. The number of benzene rings is 4. The Balaban J connectivity index is 1.61. The lowest BCUT2D eigenvalue weighted by Crippen LogP contribution is -2.04. The second kappa shape index (κ2) is 19.7. The summed E-state index contributed by atoms with van der Waals surface area (Å²) in [5.74, 6) is -1.62. The van der Waals surface area contributed by atoms with Crippen molar-refractivity contribution in [2.75, 3.05) is 7.11 Å². The standard InChI is InChI=1S/C50H26Cl12N4O4/c1-17-12-23(51)30(24(52)13-17)32-46-38(59)34(55)42(63-46)28(20-6-4-19(5-7-20)16-27(67)70-3)43-35(56)39(60)47(64-43)33(31-25(53)14-18(2)15-26(31)54)49-41(62)37(58)45(66-49)29(44-36(57)40(61)48(32)65-44)21-8-10-22(11-9-21)50(68)69/h4-15,63,66H,16H2,1-3H3,(H,68,69). The summed E-state index contributed by atoms with van der Waals surface area (Å²) in [6.07, 6.45) is -0.0182. The molecule has 8 nitrogen and oxygen atoms in total. The molecule has 8 bridgehead atoms. The van der Waals surface area contributed by atoms with Crippen LogP contribution in [0.3, 0.4) is 0 Å². The second-order valence-electron chi connectivity index (χ2n) is 15.9. The second-order valence-corrected chi connectivity index (χ2v) is 20.6. The van der Waals surface area contributed by atoms with E-state index < -0.39 is 11.9 Å². The van der Waals surface area contributed by atoms with Gasteiger partial charge in [0.25, 0.3) is 0 Å². The Morgan fingerprint density at radius 3 is 1.13 bits per heavy atom. The van der Waals surface area contributed by atoms with Crippen LogP contribution in [-0.2, 0) is 16.0 Å². The van der Waals surface area contributed by atoms with Crippen LogP contribution in [-0.4, -0.2) is 44.1 Å². The smallest absolute Gasteiger partial charge is 0.335 e. The van der Waals surface area contributed by atoms with Gasteiger partial charge in [-0.05, 0) is 78.1 Å². The summed E-state index contributed by atoms with van der Waals surface area (Å²) >= 11 is 87.3. The van der Waals surface area contributed by atoms with E-state index in [2.05, 4.69) is 9.97 Å². The summed E-state index contributed by atoms with van der Waals surface area (Å²) in [5, 5.41) is 10.2. The Hall–Kier alpha value is -4.10. The number of hydrogen-bond donors (Lipinski definition) is 3. The predicted molar refractivity (Wildman–Crippen MR) is 292 cm³/mol. The molecule has 3 aromatic heterocycles. The maximum absolute atomic E-state index is 12.3. The number of nitrogens with one attached hydrogen (secondary N) is 2. The van der Waals surface area contributed by atoms with Crippen molar-refractivity contribution in [3.63, 3.8) is 0 Å². The highest BCUT2D eigenvalue weighted by Crippen LogP contribution is 2.54. The monoisotopic (exact) mass is 1170 g/mol. The third-order valence-electron chi connectivity index (χ3n) is 11.5. The van der Waals surface area contributed by atoms with Gasteiger partial charge in [-0.1, -0.05) is 176 Å². The highest BCUT2D eigenvalue weighted by Gasteiger charge is 2.33. The number of carboxylic acid groups (broad SMARTS) is 1. The zero-order valence-corrected chi connectivity index (χ0v) is 44.8. The van der Waals surface area contributed by atoms with E-state index in [9.17, 15) is 14.7 Å². The minimum atomic E-state index is -1.17. The van der Waals surface area contributed by atoms with E-state index in [-0.39, 0.29) is 151 Å². The molecule has 0 aliphatic carbocycles. The zero-order chi connectivity index (χ0) is 50.4. The third kappa shape index (κ3) is 8.76. The van der Waals surface area contributed by atoms with Crippen molar-refractivity contribution in [3.8, 4) is 44.5 Å². The van der Waals surface area contributed by atoms with Gasteiger partial charge in [0.15, 0.2) is 0 Å². The molecule has 2 aliphatic rings. The van der Waals surface area contributed by atoms with Crippen LogP contribution in [0.4, 0.5) is 0 Å². The van der Waals surface area contributed by atoms with Crippen molar-refractivity contribution in [2.24, 2.45) is 0 Å². The minimum Gasteiger partial charge on any atom is -0.478 e. The van der Waals surface area contributed by atoms with Gasteiger partial charge >= 0.3 is 11.9 Å². The molecule has 3 N–H and O–H groups in total. The average Bonchev–Trinajstić information content (AvgIpc) is 3.97. The summed E-state index contributed by atoms with van der Waals surface area (Å²) in [7, 11) is 1.30. The quantitative estimate of drug-likeness (QED) is 0.137. The summed E-state index contributed by atoms with van der Waals surface area (Å²) in [5.41, 5.74) is 5.09. The highest BCUT2D eigenvalue weighted by molar-refractivity contribution is 6.67. The third-order valence-corrected chi connectivity index (χ3v) is 16.1. The fraction of sp³-hybridized carbons (Fsp3) is 0.0800. The van der Waals surface area contributed by atoms with E-state index in [1.807, 2.05) is 13.8 Å². The molecule has 7 aromatic rings. The van der Waals surface area contributed by atoms with E-state index in [0.717, 1.165) is 11.1 Å². The number of methoxy groups -OCH3 is 1. The van der Waals surface area contributed by atoms with E-state index in [4.69, 9.17) is 154 Å². The lowest BCUT2D eigenvalue weighted by atomic mass is 10.0. The van der Waals surface area contributed by atoms with Gasteiger partial charge in [-0.2, -0.15) is 0 Å². The van der Waals surface area contributed by atoms with E-state index in [0.29, 0.717) is 16.7 Å². The molecular formula is C50H26Cl12N4O4. The van der Waals surface area contributed by atoms with Gasteiger partial charge in [-0.15, -0.1) is 0 Å². The van der Waals surface area contributed by atoms with E-state index in [1.54, 1.807) is 60.7 Å². The Kier molecular flexibility index (Phi) is 14.3. The topological polar surface area (TPSA) is 121 Å². The van der Waals surface area contributed by atoms with Crippen molar-refractivity contribution in [3.05, 3.63) is 158 Å². The van der Waals surface area contributed by atoms with Gasteiger partial charge in [-0.3, -0.25) is 4.79 Å². The number of hydrogen-bond acceptors (Lipinski definition) is 5. The number of aryl methyl sites for hydroxylation is 2. The number of carbonyl (C=O) groups excluding carboxylic acids is 1. The highest BCUT2D eigenvalue weighted by atomic mass is 35.5. The van der Waals surface area contributed by atoms with E-state index in [1.165, 1.54) is 19.2 Å². The first kappa shape index (κ1) is 50.8. The van der Waals surface area contributed by atoms with Crippen molar-refractivity contribution in [2.45, 2.75) is 20.3 Å². The van der Waals surface area contributed by atoms with Crippen molar-refractivity contribution in [1.82, 2.24) is 19.9 Å². The van der Waals surface area contributed by atoms with Crippen LogP contribution in [0.15, 0.2) is 72.8 Å². The lowest BCUT2D eigenvalue weighted by molar-refractivity contribution is -0.139. The molecule has 0 unspecified atom stereocenters. The number of carbonyl (C=O) groups is 2. The van der Waals surface area contributed by atoms with Crippen LogP contribution in [0.25, 0.3) is 86.7 Å². The molecular weight excluding hydrogens is 1150 g/mol. The number of aromatic amines is 2. The lowest BCUT2D eigenvalue weighted by Gasteiger charge is -2.12. The van der Waals surface area contributed by atoms with Crippen LogP contribution >= 0.6 is 139 Å². The number of halogens is 12. The van der Waals surface area contributed by atoms with Crippen LogP contribution in [0.1, 0.15) is 49.8 Å². The number of rotatable bonds is 7. The van der Waals surface area contributed by atoms with Crippen LogP contribution in [0, 0.1) is 13.8 Å². The molecule has 0 radical (unpaired) electrons. The Bertz CT molecular complexity index is 3610. The van der Waals surface area contributed by atoms with Crippen molar-refractivity contribution >= 4 is 193 Å². The Labute approximate surface area is 458 Å². The first-order valence-electron chi connectivity index (χ1n) is 20.3. The van der Waals surface area contributed by atoms with Crippen LogP contribution in [0.2, 0.25) is 40.2 Å². The Morgan fingerprint density at radius 2 is 0.800 bits per heavy atom. The van der Waals surface area contributed by atoms with Gasteiger partial charge in [0.05, 0.1) is 124 Å². The maximum Gasteiger partial charge on any atom is 0.335 e. The minimum absolute atomic E-state index is 0.0137. The number of carboxylic acids is 1. The first-order valence-corrected chi connectivity index (χ1v) is 24.9. The molecule has 20 heteroatoms. The van der Waals surface area contributed by atoms with Crippen molar-refractivity contribution < 1.29 is 19.4 Å². The molecule has 5 heterocycles. The van der Waals surface area contributed by atoms with Gasteiger partial charge < -0.3 is 19.8 Å². The van der Waals surface area contributed by atoms with Gasteiger partial charge in [0.2, 0.25) is 0 Å².